The van der Waals surface area contributed by atoms with Gasteiger partial charge in [-0.1, -0.05) is 11.6 Å². The van der Waals surface area contributed by atoms with Gasteiger partial charge in [-0.15, -0.1) is 0 Å². The number of halogens is 2. The van der Waals surface area contributed by atoms with E-state index in [1.807, 2.05) is 0 Å². The van der Waals surface area contributed by atoms with E-state index in [1.54, 1.807) is 6.07 Å². The number of aromatic amines is 1. The highest BCUT2D eigenvalue weighted by Gasteiger charge is 2.28. The van der Waals surface area contributed by atoms with Crippen LogP contribution >= 0.6 is 11.6 Å². The Kier molecular flexibility index (Phi) is 4.91. The van der Waals surface area contributed by atoms with Crippen molar-refractivity contribution < 1.29 is 17.6 Å². The molecule has 1 aliphatic carbocycles. The van der Waals surface area contributed by atoms with Gasteiger partial charge in [-0.05, 0) is 38.0 Å². The van der Waals surface area contributed by atoms with Gasteiger partial charge in [0.2, 0.25) is 10.0 Å². The SMILES string of the molecule is CCS(=O)(=O)Nc1ccc(Cl)c(C(=O)Nc2cnc3[nH]nc(C4CC4)c3c2)c1F. The first kappa shape index (κ1) is 19.6. The number of fused-ring (bicyclic) bond motifs is 1. The van der Waals surface area contributed by atoms with Crippen molar-refractivity contribution >= 4 is 49.9 Å². The largest absolute Gasteiger partial charge is 0.320 e. The van der Waals surface area contributed by atoms with Crippen LogP contribution in [-0.2, 0) is 10.0 Å². The van der Waals surface area contributed by atoms with Crippen LogP contribution in [0.2, 0.25) is 5.02 Å². The van der Waals surface area contributed by atoms with E-state index in [0.717, 1.165) is 23.9 Å². The first-order chi connectivity index (χ1) is 13.8. The Labute approximate surface area is 170 Å². The molecule has 1 aromatic carbocycles. The second kappa shape index (κ2) is 7.27. The molecule has 4 rings (SSSR count). The van der Waals surface area contributed by atoms with Crippen LogP contribution in [0.4, 0.5) is 15.8 Å². The van der Waals surface area contributed by atoms with E-state index in [0.29, 0.717) is 17.3 Å². The average Bonchev–Trinajstić information content (AvgIpc) is 3.43. The molecule has 0 bridgehead atoms. The van der Waals surface area contributed by atoms with Gasteiger partial charge in [0.1, 0.15) is 0 Å². The number of hydrogen-bond donors (Lipinski definition) is 3. The van der Waals surface area contributed by atoms with Gasteiger partial charge in [0, 0.05) is 11.3 Å². The number of carbonyl (C=O) groups is 1. The summed E-state index contributed by atoms with van der Waals surface area (Å²) in [5.74, 6) is -1.73. The first-order valence-electron chi connectivity index (χ1n) is 8.93. The number of amides is 1. The molecule has 0 aliphatic heterocycles. The lowest BCUT2D eigenvalue weighted by molar-refractivity contribution is 0.102. The summed E-state index contributed by atoms with van der Waals surface area (Å²) in [6.45, 7) is 1.42. The summed E-state index contributed by atoms with van der Waals surface area (Å²) in [5, 5.41) is 10.3. The molecule has 152 valence electrons. The number of hydrogen-bond acceptors (Lipinski definition) is 5. The zero-order chi connectivity index (χ0) is 20.8. The molecule has 0 unspecified atom stereocenters. The maximum atomic E-state index is 14.8. The molecule has 3 N–H and O–H groups in total. The fourth-order valence-corrected chi connectivity index (χ4v) is 3.80. The number of H-pyrrole nitrogens is 1. The molecule has 0 spiro atoms. The van der Waals surface area contributed by atoms with E-state index in [4.69, 9.17) is 11.6 Å². The van der Waals surface area contributed by atoms with Gasteiger partial charge in [0.25, 0.3) is 5.91 Å². The lowest BCUT2D eigenvalue weighted by Gasteiger charge is -2.12. The predicted molar refractivity (Wildman–Crippen MR) is 108 cm³/mol. The predicted octanol–water partition coefficient (Wildman–Crippen LogP) is 3.64. The number of pyridine rings is 1. The maximum absolute atomic E-state index is 14.8. The number of nitrogens with one attached hydrogen (secondary N) is 3. The van der Waals surface area contributed by atoms with Crippen molar-refractivity contribution in [1.29, 1.82) is 0 Å². The summed E-state index contributed by atoms with van der Waals surface area (Å²) in [5.41, 5.74) is 1.04. The third-order valence-corrected chi connectivity index (χ3v) is 6.24. The highest BCUT2D eigenvalue weighted by atomic mass is 35.5. The summed E-state index contributed by atoms with van der Waals surface area (Å²) in [4.78, 5) is 16.9. The fraction of sp³-hybridized carbons (Fsp3) is 0.278. The van der Waals surface area contributed by atoms with Crippen LogP contribution in [0.5, 0.6) is 0 Å². The molecule has 2 aromatic heterocycles. The summed E-state index contributed by atoms with van der Waals surface area (Å²) >= 11 is 6.01. The normalized spacial score (nSPS) is 14.2. The number of carbonyl (C=O) groups excluding carboxylic acids is 1. The Morgan fingerprint density at radius 3 is 2.83 bits per heavy atom. The highest BCUT2D eigenvalue weighted by molar-refractivity contribution is 7.92. The standard InChI is InChI=1S/C18H17ClFN5O3S/c1-2-29(27,28)25-13-6-5-12(19)14(15(13)20)18(26)22-10-7-11-16(9-3-4-9)23-24-17(11)21-8-10/h5-9,25H,2-4H2,1H3,(H,22,26)(H,21,23,24). The second-order valence-corrected chi connectivity index (χ2v) is 9.16. The van der Waals surface area contributed by atoms with E-state index >= 15 is 0 Å². The zero-order valence-corrected chi connectivity index (χ0v) is 16.9. The molecule has 29 heavy (non-hydrogen) atoms. The first-order valence-corrected chi connectivity index (χ1v) is 11.0. The molecule has 3 aromatic rings. The molecular formula is C18H17ClFN5O3S. The van der Waals surface area contributed by atoms with Crippen molar-refractivity contribution in [2.75, 3.05) is 15.8 Å². The zero-order valence-electron chi connectivity index (χ0n) is 15.3. The third kappa shape index (κ3) is 3.90. The molecule has 8 nitrogen and oxygen atoms in total. The summed E-state index contributed by atoms with van der Waals surface area (Å²) in [6.07, 6.45) is 3.53. The number of anilines is 2. The molecule has 2 heterocycles. The monoisotopic (exact) mass is 437 g/mol. The summed E-state index contributed by atoms with van der Waals surface area (Å²) in [7, 11) is -3.72. The Morgan fingerprint density at radius 2 is 2.14 bits per heavy atom. The van der Waals surface area contributed by atoms with Crippen LogP contribution in [0.3, 0.4) is 0 Å². The van der Waals surface area contributed by atoms with Crippen molar-refractivity contribution in [3.05, 3.63) is 46.5 Å². The summed E-state index contributed by atoms with van der Waals surface area (Å²) < 4.78 is 40.4. The van der Waals surface area contributed by atoms with Crippen molar-refractivity contribution in [2.24, 2.45) is 0 Å². The van der Waals surface area contributed by atoms with Crippen LogP contribution in [0.1, 0.15) is 41.7 Å². The second-order valence-electron chi connectivity index (χ2n) is 6.75. The topological polar surface area (TPSA) is 117 Å². The van der Waals surface area contributed by atoms with E-state index < -0.39 is 27.3 Å². The smallest absolute Gasteiger partial charge is 0.260 e. The quantitative estimate of drug-likeness (QED) is 0.544. The molecule has 0 saturated heterocycles. The Bertz CT molecular complexity index is 1220. The van der Waals surface area contributed by atoms with E-state index in [-0.39, 0.29) is 16.5 Å². The van der Waals surface area contributed by atoms with Crippen LogP contribution in [0.15, 0.2) is 24.4 Å². The van der Waals surface area contributed by atoms with Gasteiger partial charge in [-0.3, -0.25) is 14.6 Å². The van der Waals surface area contributed by atoms with E-state index in [1.165, 1.54) is 25.3 Å². The van der Waals surface area contributed by atoms with Gasteiger partial charge in [0.05, 0.1) is 39.6 Å². The number of sulfonamides is 1. The fourth-order valence-electron chi connectivity index (χ4n) is 2.93. The van der Waals surface area contributed by atoms with Crippen LogP contribution in [0.25, 0.3) is 11.0 Å². The molecule has 1 fully saturated rings. The molecule has 11 heteroatoms. The number of benzene rings is 1. The summed E-state index contributed by atoms with van der Waals surface area (Å²) in [6, 6.07) is 4.14. The van der Waals surface area contributed by atoms with Crippen LogP contribution in [0, 0.1) is 5.82 Å². The van der Waals surface area contributed by atoms with Gasteiger partial charge < -0.3 is 5.32 Å². The van der Waals surface area contributed by atoms with E-state index in [2.05, 4.69) is 25.2 Å². The maximum Gasteiger partial charge on any atom is 0.260 e. The minimum Gasteiger partial charge on any atom is -0.320 e. The van der Waals surface area contributed by atoms with Gasteiger partial charge in [-0.2, -0.15) is 5.10 Å². The lowest BCUT2D eigenvalue weighted by Crippen LogP contribution is -2.19. The van der Waals surface area contributed by atoms with Crippen molar-refractivity contribution in [2.45, 2.75) is 25.7 Å². The van der Waals surface area contributed by atoms with E-state index in [9.17, 15) is 17.6 Å². The highest BCUT2D eigenvalue weighted by Crippen LogP contribution is 2.42. The molecular weight excluding hydrogens is 421 g/mol. The molecule has 0 radical (unpaired) electrons. The van der Waals surface area contributed by atoms with Crippen LogP contribution < -0.4 is 10.0 Å². The molecule has 1 amide bonds. The minimum atomic E-state index is -3.72. The molecule has 1 saturated carbocycles. The molecule has 0 atom stereocenters. The van der Waals surface area contributed by atoms with Gasteiger partial charge in [0.15, 0.2) is 11.5 Å². The number of aromatic nitrogens is 3. The van der Waals surface area contributed by atoms with Crippen molar-refractivity contribution in [1.82, 2.24) is 15.2 Å². The molecule has 1 aliphatic rings. The number of rotatable bonds is 6. The Hall–Kier alpha value is -2.72. The Balaban J connectivity index is 1.64. The third-order valence-electron chi connectivity index (χ3n) is 4.63. The lowest BCUT2D eigenvalue weighted by atomic mass is 10.1. The van der Waals surface area contributed by atoms with Gasteiger partial charge in [-0.25, -0.2) is 17.8 Å². The Morgan fingerprint density at radius 1 is 1.38 bits per heavy atom. The van der Waals surface area contributed by atoms with Crippen molar-refractivity contribution in [3.63, 3.8) is 0 Å². The number of nitrogens with zero attached hydrogens (tertiary/aromatic N) is 2. The minimum absolute atomic E-state index is 0.143. The van der Waals surface area contributed by atoms with Crippen molar-refractivity contribution in [3.8, 4) is 0 Å². The van der Waals surface area contributed by atoms with Crippen LogP contribution in [-0.4, -0.2) is 35.3 Å². The van der Waals surface area contributed by atoms with Gasteiger partial charge >= 0.3 is 0 Å². The average molecular weight is 438 g/mol.